The van der Waals surface area contributed by atoms with Crippen molar-refractivity contribution in [3.05, 3.63) is 53.3 Å². The van der Waals surface area contributed by atoms with Gasteiger partial charge in [-0.3, -0.25) is 14.3 Å². The number of nitrogens with zero attached hydrogens (tertiary/aromatic N) is 3. The van der Waals surface area contributed by atoms with Crippen LogP contribution in [0, 0.1) is 0 Å². The Morgan fingerprint density at radius 2 is 1.76 bits per heavy atom. The van der Waals surface area contributed by atoms with E-state index < -0.39 is 17.8 Å². The van der Waals surface area contributed by atoms with E-state index in [9.17, 15) is 14.4 Å². The summed E-state index contributed by atoms with van der Waals surface area (Å²) in [6, 6.07) is 6.49. The van der Waals surface area contributed by atoms with E-state index in [2.05, 4.69) is 5.10 Å². The van der Waals surface area contributed by atoms with E-state index in [-0.39, 0.29) is 22.7 Å². The highest BCUT2D eigenvalue weighted by molar-refractivity contribution is 6.21. The summed E-state index contributed by atoms with van der Waals surface area (Å²) in [5.74, 6) is -2.09. The fraction of sp³-hybridized carbons (Fsp3) is 0.294. The fourth-order valence-electron chi connectivity index (χ4n) is 2.98. The maximum atomic E-state index is 12.3. The first-order valence-electron chi connectivity index (χ1n) is 7.97. The Balaban J connectivity index is 1.49. The molecule has 2 aliphatic rings. The standard InChI is InChI=1S/C17H15N3O5/c21-15-13-3-1-2-4-14(13)16(22)20(15)25-17(23)11-9-18-19(10-11)12-5-7-24-8-6-12/h1-4,9-10,12H,5-8H2. The van der Waals surface area contributed by atoms with Crippen molar-refractivity contribution in [3.63, 3.8) is 0 Å². The molecule has 8 nitrogen and oxygen atoms in total. The van der Waals surface area contributed by atoms with Crippen LogP contribution in [-0.2, 0) is 9.57 Å². The van der Waals surface area contributed by atoms with Crippen LogP contribution in [0.5, 0.6) is 0 Å². The van der Waals surface area contributed by atoms with Gasteiger partial charge < -0.3 is 9.57 Å². The Labute approximate surface area is 142 Å². The van der Waals surface area contributed by atoms with Gasteiger partial charge in [0.15, 0.2) is 0 Å². The summed E-state index contributed by atoms with van der Waals surface area (Å²) in [5, 5.41) is 4.68. The van der Waals surface area contributed by atoms with Crippen LogP contribution in [0.1, 0.15) is 50.0 Å². The summed E-state index contributed by atoms with van der Waals surface area (Å²) in [6.07, 6.45) is 4.57. The molecule has 2 amide bonds. The average Bonchev–Trinajstić information content (AvgIpc) is 3.23. The predicted molar refractivity (Wildman–Crippen MR) is 83.7 cm³/mol. The maximum Gasteiger partial charge on any atom is 0.367 e. The molecule has 0 radical (unpaired) electrons. The minimum absolute atomic E-state index is 0.162. The number of benzene rings is 1. The third-order valence-corrected chi connectivity index (χ3v) is 4.33. The van der Waals surface area contributed by atoms with Gasteiger partial charge in [-0.1, -0.05) is 17.2 Å². The number of hydrogen-bond donors (Lipinski definition) is 0. The first-order valence-corrected chi connectivity index (χ1v) is 7.97. The number of fused-ring (bicyclic) bond motifs is 1. The topological polar surface area (TPSA) is 90.7 Å². The quantitative estimate of drug-likeness (QED) is 0.788. The van der Waals surface area contributed by atoms with Crippen LogP contribution in [0.4, 0.5) is 0 Å². The Kier molecular flexibility index (Phi) is 3.81. The van der Waals surface area contributed by atoms with E-state index in [4.69, 9.17) is 9.57 Å². The monoisotopic (exact) mass is 341 g/mol. The lowest BCUT2D eigenvalue weighted by Crippen LogP contribution is -2.32. The van der Waals surface area contributed by atoms with Crippen LogP contribution in [-0.4, -0.2) is 45.8 Å². The molecule has 0 aliphatic carbocycles. The van der Waals surface area contributed by atoms with Gasteiger partial charge >= 0.3 is 5.97 Å². The van der Waals surface area contributed by atoms with Crippen LogP contribution >= 0.6 is 0 Å². The molecule has 0 bridgehead atoms. The molecule has 4 rings (SSSR count). The van der Waals surface area contributed by atoms with Gasteiger partial charge in [0.2, 0.25) is 0 Å². The zero-order valence-corrected chi connectivity index (χ0v) is 13.3. The molecule has 1 saturated heterocycles. The largest absolute Gasteiger partial charge is 0.381 e. The SMILES string of the molecule is O=C(ON1C(=O)c2ccccc2C1=O)c1cnn(C2CCOCC2)c1. The van der Waals surface area contributed by atoms with Gasteiger partial charge in [0.05, 0.1) is 28.9 Å². The van der Waals surface area contributed by atoms with E-state index in [0.717, 1.165) is 12.8 Å². The van der Waals surface area contributed by atoms with Gasteiger partial charge in [-0.15, -0.1) is 0 Å². The minimum Gasteiger partial charge on any atom is -0.381 e. The summed E-state index contributed by atoms with van der Waals surface area (Å²) in [7, 11) is 0. The third kappa shape index (κ3) is 2.70. The number of rotatable bonds is 3. The average molecular weight is 341 g/mol. The van der Waals surface area contributed by atoms with Gasteiger partial charge in [0.1, 0.15) is 0 Å². The Bertz CT molecular complexity index is 818. The van der Waals surface area contributed by atoms with Gasteiger partial charge in [-0.2, -0.15) is 5.10 Å². The summed E-state index contributed by atoms with van der Waals surface area (Å²) in [4.78, 5) is 41.8. The second-order valence-electron chi connectivity index (χ2n) is 5.88. The lowest BCUT2D eigenvalue weighted by Gasteiger charge is -2.22. The molecule has 0 atom stereocenters. The van der Waals surface area contributed by atoms with Crippen molar-refractivity contribution >= 4 is 17.8 Å². The smallest absolute Gasteiger partial charge is 0.367 e. The van der Waals surface area contributed by atoms with Gasteiger partial charge in [0, 0.05) is 19.4 Å². The number of carbonyl (C=O) groups is 3. The lowest BCUT2D eigenvalue weighted by atomic mass is 10.1. The first-order chi connectivity index (χ1) is 12.1. The summed E-state index contributed by atoms with van der Waals surface area (Å²) in [6.45, 7) is 1.30. The van der Waals surface area contributed by atoms with Crippen molar-refractivity contribution < 1.29 is 24.0 Å². The lowest BCUT2D eigenvalue weighted by molar-refractivity contribution is -0.0584. The molecule has 3 heterocycles. The van der Waals surface area contributed by atoms with E-state index >= 15 is 0 Å². The molecule has 0 saturated carbocycles. The zero-order valence-electron chi connectivity index (χ0n) is 13.3. The van der Waals surface area contributed by atoms with Gasteiger partial charge in [0.25, 0.3) is 11.8 Å². The molecule has 128 valence electrons. The molecule has 25 heavy (non-hydrogen) atoms. The van der Waals surface area contributed by atoms with Crippen LogP contribution in [0.25, 0.3) is 0 Å². The summed E-state index contributed by atoms with van der Waals surface area (Å²) < 4.78 is 7.00. The van der Waals surface area contributed by atoms with Crippen molar-refractivity contribution in [2.24, 2.45) is 0 Å². The number of aromatic nitrogens is 2. The molecule has 1 aromatic heterocycles. The zero-order chi connectivity index (χ0) is 17.4. The van der Waals surface area contributed by atoms with E-state index in [1.165, 1.54) is 18.3 Å². The molecular formula is C17H15N3O5. The summed E-state index contributed by atoms with van der Waals surface area (Å²) >= 11 is 0. The number of hydroxylamine groups is 2. The second-order valence-corrected chi connectivity index (χ2v) is 5.88. The summed E-state index contributed by atoms with van der Waals surface area (Å²) in [5.41, 5.74) is 0.624. The Morgan fingerprint density at radius 3 is 2.40 bits per heavy atom. The van der Waals surface area contributed by atoms with Crippen molar-refractivity contribution in [1.29, 1.82) is 0 Å². The van der Waals surface area contributed by atoms with E-state index in [0.29, 0.717) is 18.3 Å². The molecule has 0 N–H and O–H groups in total. The molecule has 1 aromatic carbocycles. The minimum atomic E-state index is -0.798. The van der Waals surface area contributed by atoms with Crippen LogP contribution < -0.4 is 0 Å². The van der Waals surface area contributed by atoms with Crippen molar-refractivity contribution in [3.8, 4) is 0 Å². The molecule has 2 aliphatic heterocycles. The number of amides is 2. The molecule has 0 spiro atoms. The molecular weight excluding hydrogens is 326 g/mol. The van der Waals surface area contributed by atoms with Crippen molar-refractivity contribution in [2.75, 3.05) is 13.2 Å². The Hall–Kier alpha value is -3.00. The highest BCUT2D eigenvalue weighted by Gasteiger charge is 2.39. The normalized spacial score (nSPS) is 17.7. The second kappa shape index (κ2) is 6.14. The maximum absolute atomic E-state index is 12.3. The number of hydrogen-bond acceptors (Lipinski definition) is 6. The first kappa shape index (κ1) is 15.5. The highest BCUT2D eigenvalue weighted by Crippen LogP contribution is 2.24. The van der Waals surface area contributed by atoms with Crippen LogP contribution in [0.3, 0.4) is 0 Å². The Morgan fingerprint density at radius 1 is 1.12 bits per heavy atom. The number of carbonyl (C=O) groups excluding carboxylic acids is 3. The van der Waals surface area contributed by atoms with E-state index in [1.807, 2.05) is 0 Å². The molecule has 0 unspecified atom stereocenters. The third-order valence-electron chi connectivity index (χ3n) is 4.33. The van der Waals surface area contributed by atoms with Gasteiger partial charge in [-0.25, -0.2) is 4.79 Å². The van der Waals surface area contributed by atoms with Crippen molar-refractivity contribution in [1.82, 2.24) is 14.8 Å². The van der Waals surface area contributed by atoms with Crippen molar-refractivity contribution in [2.45, 2.75) is 18.9 Å². The van der Waals surface area contributed by atoms with Gasteiger partial charge in [-0.05, 0) is 25.0 Å². The van der Waals surface area contributed by atoms with E-state index in [1.54, 1.807) is 23.0 Å². The fourth-order valence-corrected chi connectivity index (χ4v) is 2.98. The predicted octanol–water partition coefficient (Wildman–Crippen LogP) is 1.60. The molecule has 1 fully saturated rings. The highest BCUT2D eigenvalue weighted by atomic mass is 16.7. The molecule has 2 aromatic rings. The van der Waals surface area contributed by atoms with Crippen LogP contribution in [0.2, 0.25) is 0 Å². The molecule has 8 heteroatoms. The van der Waals surface area contributed by atoms with Crippen LogP contribution in [0.15, 0.2) is 36.7 Å². The number of imide groups is 1. The number of ether oxygens (including phenoxy) is 1.